The average molecular weight is 456 g/mol. The van der Waals surface area contributed by atoms with Gasteiger partial charge in [-0.15, -0.1) is 0 Å². The molecular formula is C24H33BN2O6. The maximum absolute atomic E-state index is 12.4. The Hall–Kier alpha value is -2.78. The second-order valence-electron chi connectivity index (χ2n) is 10.2. The molecule has 33 heavy (non-hydrogen) atoms. The zero-order chi connectivity index (χ0) is 24.6. The standard InChI is InChI=1S/C24H33BN2O6/c1-22(2,3)31-21(29)27-14-16(25-32-23(4,5)24(6,7)33-25)11-15-12-18(20(28)30-8)17-9-10-26-19(17)13-15/h9-13,26H,14H2,1-8H3,(H,27,29). The molecule has 1 fully saturated rings. The third-order valence-electron chi connectivity index (χ3n) is 5.84. The van der Waals surface area contributed by atoms with Crippen LogP contribution in [0.4, 0.5) is 4.79 Å². The number of ether oxygens (including phenoxy) is 2. The van der Waals surface area contributed by atoms with Gasteiger partial charge in [-0.25, -0.2) is 9.59 Å². The van der Waals surface area contributed by atoms with Crippen LogP contribution in [0, 0.1) is 0 Å². The topological polar surface area (TPSA) is 98.9 Å². The summed E-state index contributed by atoms with van der Waals surface area (Å²) in [5.74, 6) is -0.432. The lowest BCUT2D eigenvalue weighted by molar-refractivity contribution is 0.00578. The lowest BCUT2D eigenvalue weighted by Crippen LogP contribution is -2.41. The lowest BCUT2D eigenvalue weighted by atomic mass is 9.77. The van der Waals surface area contributed by atoms with Gasteiger partial charge in [0.05, 0.1) is 23.9 Å². The zero-order valence-electron chi connectivity index (χ0n) is 20.6. The fourth-order valence-corrected chi connectivity index (χ4v) is 3.45. The number of carbonyl (C=O) groups excluding carboxylic acids is 2. The number of amides is 1. The molecule has 1 amide bonds. The Morgan fingerprint density at radius 2 is 1.79 bits per heavy atom. The summed E-state index contributed by atoms with van der Waals surface area (Å²) in [5, 5.41) is 3.55. The molecular weight excluding hydrogens is 423 g/mol. The number of carbonyl (C=O) groups is 2. The molecule has 0 aliphatic carbocycles. The smallest absolute Gasteiger partial charge is 0.465 e. The molecule has 9 heteroatoms. The van der Waals surface area contributed by atoms with Gasteiger partial charge in [0.2, 0.25) is 0 Å². The molecule has 8 nitrogen and oxygen atoms in total. The van der Waals surface area contributed by atoms with Gasteiger partial charge in [-0.1, -0.05) is 6.08 Å². The molecule has 1 saturated heterocycles. The number of alkyl carbamates (subject to hydrolysis) is 1. The van der Waals surface area contributed by atoms with Gasteiger partial charge in [0.25, 0.3) is 0 Å². The number of H-pyrrole nitrogens is 1. The molecule has 1 aromatic carbocycles. The summed E-state index contributed by atoms with van der Waals surface area (Å²) in [6.07, 6.45) is 3.08. The van der Waals surface area contributed by atoms with Crippen LogP contribution in [0.1, 0.15) is 64.4 Å². The number of benzene rings is 1. The normalized spacial score (nSPS) is 17.8. The number of aromatic amines is 1. The first kappa shape index (κ1) is 24.9. The van der Waals surface area contributed by atoms with Crippen molar-refractivity contribution in [2.45, 2.75) is 65.3 Å². The Kier molecular flexibility index (Phi) is 6.68. The highest BCUT2D eigenvalue weighted by Gasteiger charge is 2.52. The Labute approximate surface area is 195 Å². The maximum Gasteiger partial charge on any atom is 0.492 e. The molecule has 1 aromatic heterocycles. The molecule has 1 aliphatic heterocycles. The van der Waals surface area contributed by atoms with Crippen molar-refractivity contribution in [3.63, 3.8) is 0 Å². The van der Waals surface area contributed by atoms with Crippen molar-refractivity contribution in [2.75, 3.05) is 13.7 Å². The lowest BCUT2D eigenvalue weighted by Gasteiger charge is -2.32. The first-order valence-electron chi connectivity index (χ1n) is 10.9. The molecule has 1 aliphatic rings. The Balaban J connectivity index is 1.98. The van der Waals surface area contributed by atoms with E-state index >= 15 is 0 Å². The summed E-state index contributed by atoms with van der Waals surface area (Å²) in [4.78, 5) is 27.8. The first-order valence-corrected chi connectivity index (χ1v) is 10.9. The van der Waals surface area contributed by atoms with Crippen LogP contribution in [0.5, 0.6) is 0 Å². The Morgan fingerprint density at radius 3 is 2.36 bits per heavy atom. The van der Waals surface area contributed by atoms with Gasteiger partial charge in [0.15, 0.2) is 0 Å². The first-order chi connectivity index (χ1) is 15.2. The largest absolute Gasteiger partial charge is 0.492 e. The molecule has 0 unspecified atom stereocenters. The van der Waals surface area contributed by atoms with E-state index in [1.165, 1.54) is 7.11 Å². The van der Waals surface area contributed by atoms with Crippen molar-refractivity contribution >= 4 is 36.2 Å². The van der Waals surface area contributed by atoms with Crippen molar-refractivity contribution in [2.24, 2.45) is 0 Å². The summed E-state index contributed by atoms with van der Waals surface area (Å²) in [5.41, 5.74) is 0.925. The molecule has 178 valence electrons. The van der Waals surface area contributed by atoms with Gasteiger partial charge >= 0.3 is 19.2 Å². The SMILES string of the molecule is COC(=O)c1cc(C=C(CNC(=O)OC(C)(C)C)B2OC(C)(C)C(C)(C)O2)cc2[nH]ccc12. The van der Waals surface area contributed by atoms with Crippen LogP contribution in [0.25, 0.3) is 17.0 Å². The number of hydrogen-bond donors (Lipinski definition) is 2. The molecule has 2 N–H and O–H groups in total. The summed E-state index contributed by atoms with van der Waals surface area (Å²) in [7, 11) is 0.662. The third kappa shape index (κ3) is 5.59. The van der Waals surface area contributed by atoms with Crippen LogP contribution >= 0.6 is 0 Å². The van der Waals surface area contributed by atoms with Crippen LogP contribution in [-0.2, 0) is 18.8 Å². The molecule has 2 aromatic rings. The minimum Gasteiger partial charge on any atom is -0.465 e. The van der Waals surface area contributed by atoms with Crippen LogP contribution in [0.2, 0.25) is 0 Å². The predicted octanol–water partition coefficient (Wildman–Crippen LogP) is 4.49. The molecule has 3 rings (SSSR count). The summed E-state index contributed by atoms with van der Waals surface area (Å²) in [6, 6.07) is 5.50. The molecule has 0 spiro atoms. The molecule has 0 atom stereocenters. The van der Waals surface area contributed by atoms with E-state index in [9.17, 15) is 9.59 Å². The number of rotatable bonds is 5. The Bertz CT molecular complexity index is 1060. The quantitative estimate of drug-likeness (QED) is 0.508. The van der Waals surface area contributed by atoms with Crippen LogP contribution in [-0.4, -0.2) is 54.6 Å². The predicted molar refractivity (Wildman–Crippen MR) is 128 cm³/mol. The van der Waals surface area contributed by atoms with Crippen molar-refractivity contribution in [3.05, 3.63) is 41.0 Å². The van der Waals surface area contributed by atoms with E-state index in [0.29, 0.717) is 11.0 Å². The van der Waals surface area contributed by atoms with Crippen LogP contribution < -0.4 is 5.32 Å². The monoisotopic (exact) mass is 456 g/mol. The van der Waals surface area contributed by atoms with E-state index < -0.39 is 36.0 Å². The third-order valence-corrected chi connectivity index (χ3v) is 5.84. The van der Waals surface area contributed by atoms with E-state index in [4.69, 9.17) is 18.8 Å². The van der Waals surface area contributed by atoms with Crippen molar-refractivity contribution in [1.29, 1.82) is 0 Å². The summed E-state index contributed by atoms with van der Waals surface area (Å²) in [6.45, 7) is 13.4. The number of aromatic nitrogens is 1. The van der Waals surface area contributed by atoms with Crippen molar-refractivity contribution in [3.8, 4) is 0 Å². The summed E-state index contributed by atoms with van der Waals surface area (Å²) >= 11 is 0. The van der Waals surface area contributed by atoms with Gasteiger partial charge in [-0.2, -0.15) is 0 Å². The van der Waals surface area contributed by atoms with E-state index in [1.54, 1.807) is 33.0 Å². The van der Waals surface area contributed by atoms with E-state index in [1.807, 2.05) is 45.9 Å². The highest BCUT2D eigenvalue weighted by atomic mass is 16.7. The minimum atomic E-state index is -0.689. The van der Waals surface area contributed by atoms with E-state index in [-0.39, 0.29) is 6.54 Å². The van der Waals surface area contributed by atoms with Gasteiger partial charge in [-0.05, 0) is 77.7 Å². The van der Waals surface area contributed by atoms with Crippen molar-refractivity contribution in [1.82, 2.24) is 10.3 Å². The highest BCUT2D eigenvalue weighted by molar-refractivity contribution is 6.56. The minimum absolute atomic E-state index is 0.141. The maximum atomic E-state index is 12.4. The van der Waals surface area contributed by atoms with Gasteiger partial charge in [-0.3, -0.25) is 0 Å². The highest BCUT2D eigenvalue weighted by Crippen LogP contribution is 2.39. The van der Waals surface area contributed by atoms with Gasteiger partial charge < -0.3 is 29.1 Å². The number of fused-ring (bicyclic) bond motifs is 1. The van der Waals surface area contributed by atoms with E-state index in [0.717, 1.165) is 16.5 Å². The molecule has 2 heterocycles. The fourth-order valence-electron chi connectivity index (χ4n) is 3.45. The number of nitrogens with one attached hydrogen (secondary N) is 2. The average Bonchev–Trinajstić information content (AvgIpc) is 3.23. The van der Waals surface area contributed by atoms with Gasteiger partial charge in [0, 0.05) is 23.6 Å². The number of hydrogen-bond acceptors (Lipinski definition) is 6. The number of esters is 1. The zero-order valence-corrected chi connectivity index (χ0v) is 20.6. The van der Waals surface area contributed by atoms with Crippen molar-refractivity contribution < 1.29 is 28.4 Å². The second kappa shape index (κ2) is 8.87. The second-order valence-corrected chi connectivity index (χ2v) is 10.2. The van der Waals surface area contributed by atoms with Crippen LogP contribution in [0.3, 0.4) is 0 Å². The fraction of sp³-hybridized carbons (Fsp3) is 0.500. The van der Waals surface area contributed by atoms with Gasteiger partial charge in [0.1, 0.15) is 5.60 Å². The van der Waals surface area contributed by atoms with E-state index in [2.05, 4.69) is 10.3 Å². The molecule has 0 bridgehead atoms. The molecule has 0 saturated carbocycles. The number of methoxy groups -OCH3 is 1. The molecule has 0 radical (unpaired) electrons. The summed E-state index contributed by atoms with van der Waals surface area (Å²) < 4.78 is 22.8. The van der Waals surface area contributed by atoms with Crippen LogP contribution in [0.15, 0.2) is 29.9 Å². The Morgan fingerprint density at radius 1 is 1.15 bits per heavy atom.